The molecule has 1 fully saturated rings. The maximum absolute atomic E-state index is 11.8. The second-order valence-corrected chi connectivity index (χ2v) is 7.33. The summed E-state index contributed by atoms with van der Waals surface area (Å²) in [7, 11) is -2.42. The summed E-state index contributed by atoms with van der Waals surface area (Å²) in [6.07, 6.45) is 1.08. The van der Waals surface area contributed by atoms with Crippen LogP contribution in [0.25, 0.3) is 0 Å². The Kier molecular flexibility index (Phi) is 5.55. The van der Waals surface area contributed by atoms with Crippen molar-refractivity contribution in [2.75, 3.05) is 44.7 Å². The maximum atomic E-state index is 11.8. The molecule has 1 aliphatic heterocycles. The Morgan fingerprint density at radius 1 is 1.26 bits per heavy atom. The molecule has 1 aromatic rings. The monoisotopic (exact) mass is 342 g/mol. The zero-order valence-electron chi connectivity index (χ0n) is 13.4. The number of nitro benzene ring substituents is 1. The van der Waals surface area contributed by atoms with E-state index in [0.717, 1.165) is 32.1 Å². The first-order chi connectivity index (χ1) is 10.9. The van der Waals surface area contributed by atoms with Gasteiger partial charge in [-0.1, -0.05) is 6.92 Å². The van der Waals surface area contributed by atoms with Crippen molar-refractivity contribution in [3.8, 4) is 0 Å². The van der Waals surface area contributed by atoms with Gasteiger partial charge in [0.15, 0.2) is 0 Å². The third-order valence-corrected chi connectivity index (χ3v) is 5.39. The van der Waals surface area contributed by atoms with Gasteiger partial charge in [0.1, 0.15) is 5.69 Å². The highest BCUT2D eigenvalue weighted by Crippen LogP contribution is 2.31. The molecule has 1 aliphatic rings. The predicted molar refractivity (Wildman–Crippen MR) is 88.3 cm³/mol. The fourth-order valence-electron chi connectivity index (χ4n) is 2.73. The van der Waals surface area contributed by atoms with E-state index >= 15 is 0 Å². The summed E-state index contributed by atoms with van der Waals surface area (Å²) < 4.78 is 25.8. The summed E-state index contributed by atoms with van der Waals surface area (Å²) >= 11 is 0. The number of nitro groups is 1. The lowest BCUT2D eigenvalue weighted by Crippen LogP contribution is -2.46. The van der Waals surface area contributed by atoms with Gasteiger partial charge >= 0.3 is 0 Å². The van der Waals surface area contributed by atoms with E-state index in [4.69, 9.17) is 0 Å². The highest BCUT2D eigenvalue weighted by atomic mass is 32.2. The number of rotatable bonds is 6. The number of nitrogens with one attached hydrogen (secondary N) is 1. The minimum absolute atomic E-state index is 0.0972. The zero-order valence-corrected chi connectivity index (χ0v) is 14.2. The predicted octanol–water partition coefficient (Wildman–Crippen LogP) is 1.03. The van der Waals surface area contributed by atoms with Gasteiger partial charge in [0.2, 0.25) is 10.0 Å². The summed E-state index contributed by atoms with van der Waals surface area (Å²) in [5.74, 6) is 0. The number of piperazine rings is 1. The summed E-state index contributed by atoms with van der Waals surface area (Å²) in [4.78, 5) is 15.0. The quantitative estimate of drug-likeness (QED) is 0.613. The third kappa shape index (κ3) is 3.98. The van der Waals surface area contributed by atoms with Crippen molar-refractivity contribution in [1.29, 1.82) is 0 Å². The Morgan fingerprint density at radius 3 is 2.43 bits per heavy atom. The second-order valence-electron chi connectivity index (χ2n) is 5.44. The van der Waals surface area contributed by atoms with Gasteiger partial charge in [-0.3, -0.25) is 15.0 Å². The molecule has 8 nitrogen and oxygen atoms in total. The van der Waals surface area contributed by atoms with E-state index in [1.165, 1.54) is 19.2 Å². The third-order valence-electron chi connectivity index (χ3n) is 3.98. The Labute approximate surface area is 136 Å². The van der Waals surface area contributed by atoms with Crippen LogP contribution in [0, 0.1) is 10.1 Å². The molecule has 9 heteroatoms. The Hall–Kier alpha value is -1.71. The normalized spacial score (nSPS) is 16.5. The van der Waals surface area contributed by atoms with E-state index in [9.17, 15) is 18.5 Å². The molecule has 0 atom stereocenters. The molecular weight excluding hydrogens is 320 g/mol. The molecule has 128 valence electrons. The molecule has 0 spiro atoms. The largest absolute Gasteiger partial charge is 0.363 e. The summed E-state index contributed by atoms with van der Waals surface area (Å²) in [6.45, 7) is 6.23. The van der Waals surface area contributed by atoms with Gasteiger partial charge in [-0.25, -0.2) is 13.1 Å². The molecule has 0 saturated carbocycles. The van der Waals surface area contributed by atoms with E-state index < -0.39 is 14.9 Å². The van der Waals surface area contributed by atoms with Crippen LogP contribution in [-0.4, -0.2) is 58.0 Å². The average Bonchev–Trinajstić information content (AvgIpc) is 2.55. The standard InChI is InChI=1S/C14H22N4O4S/c1-3-6-16-7-9-17(10-8-16)13-5-4-12(23(21,22)15-2)11-14(13)18(19)20/h4-5,11,15H,3,6-10H2,1-2H3. The van der Waals surface area contributed by atoms with E-state index in [1.807, 2.05) is 4.90 Å². The van der Waals surface area contributed by atoms with Crippen molar-refractivity contribution in [3.05, 3.63) is 28.3 Å². The topological polar surface area (TPSA) is 95.8 Å². The van der Waals surface area contributed by atoms with Crippen LogP contribution in [0.2, 0.25) is 0 Å². The maximum Gasteiger partial charge on any atom is 0.293 e. The summed E-state index contributed by atoms with van der Waals surface area (Å²) in [5.41, 5.74) is 0.298. The minimum Gasteiger partial charge on any atom is -0.363 e. The fraction of sp³-hybridized carbons (Fsp3) is 0.571. The van der Waals surface area contributed by atoms with Gasteiger partial charge in [-0.15, -0.1) is 0 Å². The zero-order chi connectivity index (χ0) is 17.0. The lowest BCUT2D eigenvalue weighted by atomic mass is 10.2. The fourth-order valence-corrected chi connectivity index (χ4v) is 3.48. The van der Waals surface area contributed by atoms with Crippen molar-refractivity contribution in [3.63, 3.8) is 0 Å². The molecule has 0 aliphatic carbocycles. The van der Waals surface area contributed by atoms with Crippen molar-refractivity contribution in [1.82, 2.24) is 9.62 Å². The molecule has 0 unspecified atom stereocenters. The van der Waals surface area contributed by atoms with Gasteiger partial charge < -0.3 is 4.90 Å². The first kappa shape index (κ1) is 17.6. The van der Waals surface area contributed by atoms with Crippen LogP contribution >= 0.6 is 0 Å². The van der Waals surface area contributed by atoms with E-state index in [1.54, 1.807) is 0 Å². The minimum atomic E-state index is -3.70. The molecule has 2 rings (SSSR count). The van der Waals surface area contributed by atoms with Gasteiger partial charge in [0.05, 0.1) is 9.82 Å². The number of anilines is 1. The molecule has 0 bridgehead atoms. The van der Waals surface area contributed by atoms with Gasteiger partial charge in [-0.2, -0.15) is 0 Å². The molecule has 1 heterocycles. The van der Waals surface area contributed by atoms with Crippen LogP contribution in [-0.2, 0) is 10.0 Å². The van der Waals surface area contributed by atoms with Crippen LogP contribution in [0.15, 0.2) is 23.1 Å². The molecule has 0 aromatic heterocycles. The van der Waals surface area contributed by atoms with Crippen molar-refractivity contribution in [2.24, 2.45) is 0 Å². The number of hydrogen-bond acceptors (Lipinski definition) is 6. The Bertz CT molecular complexity index is 669. The van der Waals surface area contributed by atoms with Crippen molar-refractivity contribution in [2.45, 2.75) is 18.2 Å². The van der Waals surface area contributed by atoms with Gasteiger partial charge in [-0.05, 0) is 32.1 Å². The first-order valence-corrected chi connectivity index (χ1v) is 9.06. The number of sulfonamides is 1. The highest BCUT2D eigenvalue weighted by Gasteiger charge is 2.26. The first-order valence-electron chi connectivity index (χ1n) is 7.58. The van der Waals surface area contributed by atoms with Crippen LogP contribution in [0.1, 0.15) is 13.3 Å². The highest BCUT2D eigenvalue weighted by molar-refractivity contribution is 7.89. The van der Waals surface area contributed by atoms with Gasteiger partial charge in [0.25, 0.3) is 5.69 Å². The second kappa shape index (κ2) is 7.24. The lowest BCUT2D eigenvalue weighted by Gasteiger charge is -2.35. The molecule has 23 heavy (non-hydrogen) atoms. The molecule has 1 aromatic carbocycles. The van der Waals surface area contributed by atoms with E-state index in [-0.39, 0.29) is 10.6 Å². The van der Waals surface area contributed by atoms with E-state index in [0.29, 0.717) is 18.8 Å². The van der Waals surface area contributed by atoms with Crippen LogP contribution in [0.4, 0.5) is 11.4 Å². The molecule has 0 radical (unpaired) electrons. The van der Waals surface area contributed by atoms with Crippen molar-refractivity contribution < 1.29 is 13.3 Å². The Morgan fingerprint density at radius 2 is 1.91 bits per heavy atom. The van der Waals surface area contributed by atoms with Crippen molar-refractivity contribution >= 4 is 21.4 Å². The number of hydrogen-bond donors (Lipinski definition) is 1. The SMILES string of the molecule is CCCN1CCN(c2ccc(S(=O)(=O)NC)cc2[N+](=O)[O-])CC1. The molecule has 1 saturated heterocycles. The number of benzene rings is 1. The Balaban J connectivity index is 2.28. The van der Waals surface area contributed by atoms with Gasteiger partial charge in [0, 0.05) is 32.2 Å². The van der Waals surface area contributed by atoms with Crippen LogP contribution in [0.5, 0.6) is 0 Å². The lowest BCUT2D eigenvalue weighted by molar-refractivity contribution is -0.384. The molecular formula is C14H22N4O4S. The number of nitrogens with zero attached hydrogens (tertiary/aromatic N) is 3. The van der Waals surface area contributed by atoms with Crippen LogP contribution in [0.3, 0.4) is 0 Å². The summed E-state index contributed by atoms with van der Waals surface area (Å²) in [5, 5.41) is 11.4. The summed E-state index contributed by atoms with van der Waals surface area (Å²) in [6, 6.07) is 4.06. The smallest absolute Gasteiger partial charge is 0.293 e. The van der Waals surface area contributed by atoms with E-state index in [2.05, 4.69) is 16.5 Å². The molecule has 0 amide bonds. The van der Waals surface area contributed by atoms with Crippen LogP contribution < -0.4 is 9.62 Å². The molecule has 1 N–H and O–H groups in total. The average molecular weight is 342 g/mol.